The molecule has 4 nitrogen and oxygen atoms in total. The maximum atomic E-state index is 5.76. The van der Waals surface area contributed by atoms with Crippen LogP contribution in [0.25, 0.3) is 0 Å². The van der Waals surface area contributed by atoms with Crippen LogP contribution < -0.4 is 9.47 Å². The summed E-state index contributed by atoms with van der Waals surface area (Å²) in [5, 5.41) is 0. The molecule has 154 valence electrons. The van der Waals surface area contributed by atoms with Gasteiger partial charge in [0.1, 0.15) is 0 Å². The Morgan fingerprint density at radius 2 is 1.57 bits per heavy atom. The fourth-order valence-corrected chi connectivity index (χ4v) is 7.06. The summed E-state index contributed by atoms with van der Waals surface area (Å²) in [6.07, 6.45) is 7.68. The first kappa shape index (κ1) is 18.7. The maximum absolute atomic E-state index is 5.76. The molecule has 5 fully saturated rings. The Morgan fingerprint density at radius 3 is 2.18 bits per heavy atom. The summed E-state index contributed by atoms with van der Waals surface area (Å²) in [6, 6.07) is 7.30. The number of hydrogen-bond donors (Lipinski definition) is 0. The SMILES string of the molecule is CCOc1cc(CN2CCN(C3C4CC5CC(C4)CC3C5)CC2)ccc1OC. The van der Waals surface area contributed by atoms with Gasteiger partial charge in [-0.1, -0.05) is 6.07 Å². The van der Waals surface area contributed by atoms with E-state index in [9.17, 15) is 0 Å². The van der Waals surface area contributed by atoms with Gasteiger partial charge in [-0.05, 0) is 80.4 Å². The highest BCUT2D eigenvalue weighted by atomic mass is 16.5. The molecule has 1 heterocycles. The zero-order chi connectivity index (χ0) is 19.1. The molecule has 0 spiro atoms. The van der Waals surface area contributed by atoms with Crippen molar-refractivity contribution in [3.8, 4) is 11.5 Å². The third-order valence-corrected chi connectivity index (χ3v) is 7.94. The summed E-state index contributed by atoms with van der Waals surface area (Å²) in [7, 11) is 1.71. The Kier molecular flexibility index (Phi) is 5.27. The van der Waals surface area contributed by atoms with Gasteiger partial charge in [0.2, 0.25) is 0 Å². The van der Waals surface area contributed by atoms with E-state index in [1.807, 2.05) is 13.0 Å². The molecule has 4 bridgehead atoms. The van der Waals surface area contributed by atoms with Gasteiger partial charge in [-0.25, -0.2) is 0 Å². The first-order valence-electron chi connectivity index (χ1n) is 11.5. The predicted molar refractivity (Wildman–Crippen MR) is 112 cm³/mol. The van der Waals surface area contributed by atoms with E-state index in [1.165, 1.54) is 57.4 Å². The molecular formula is C24H36N2O2. The molecule has 4 heteroatoms. The number of methoxy groups -OCH3 is 1. The second-order valence-corrected chi connectivity index (χ2v) is 9.65. The van der Waals surface area contributed by atoms with E-state index in [1.54, 1.807) is 13.5 Å². The predicted octanol–water partition coefficient (Wildman–Crippen LogP) is 4.04. The summed E-state index contributed by atoms with van der Waals surface area (Å²) in [5.41, 5.74) is 1.33. The molecule has 0 atom stereocenters. The summed E-state index contributed by atoms with van der Waals surface area (Å²) >= 11 is 0. The van der Waals surface area contributed by atoms with Gasteiger partial charge in [0.25, 0.3) is 0 Å². The first-order chi connectivity index (χ1) is 13.7. The molecule has 5 aliphatic rings. The van der Waals surface area contributed by atoms with Gasteiger partial charge in [-0.2, -0.15) is 0 Å². The van der Waals surface area contributed by atoms with Crippen molar-refractivity contribution < 1.29 is 9.47 Å². The molecule has 0 N–H and O–H groups in total. The fraction of sp³-hybridized carbons (Fsp3) is 0.750. The van der Waals surface area contributed by atoms with Crippen molar-refractivity contribution in [2.24, 2.45) is 23.7 Å². The van der Waals surface area contributed by atoms with Crippen LogP contribution in [0.15, 0.2) is 18.2 Å². The van der Waals surface area contributed by atoms with Crippen LogP contribution in [0.2, 0.25) is 0 Å². The van der Waals surface area contributed by atoms with Crippen molar-refractivity contribution >= 4 is 0 Å². The summed E-state index contributed by atoms with van der Waals surface area (Å²) in [5.74, 6) is 5.88. The van der Waals surface area contributed by atoms with Crippen LogP contribution in [0, 0.1) is 23.7 Å². The van der Waals surface area contributed by atoms with Gasteiger partial charge in [-0.3, -0.25) is 9.80 Å². The standard InChI is InChI=1S/C24H36N2O2/c1-3-28-23-15-17(4-5-22(23)27-2)16-25-6-8-26(9-7-25)24-20-11-18-10-19(13-20)14-21(24)12-18/h4-5,15,18-21,24H,3,6-14,16H2,1-2H3. The van der Waals surface area contributed by atoms with Crippen molar-refractivity contribution in [2.45, 2.75) is 51.6 Å². The lowest BCUT2D eigenvalue weighted by Crippen LogP contribution is -2.60. The second-order valence-electron chi connectivity index (χ2n) is 9.65. The minimum atomic E-state index is 0.671. The van der Waals surface area contributed by atoms with Crippen LogP contribution >= 0.6 is 0 Å². The first-order valence-corrected chi connectivity index (χ1v) is 11.5. The molecular weight excluding hydrogens is 348 g/mol. The van der Waals surface area contributed by atoms with E-state index in [0.717, 1.165) is 47.8 Å². The van der Waals surface area contributed by atoms with Crippen LogP contribution in [0.1, 0.15) is 44.6 Å². The lowest BCUT2D eigenvalue weighted by molar-refractivity contribution is -0.0769. The van der Waals surface area contributed by atoms with E-state index < -0.39 is 0 Å². The molecule has 1 aromatic rings. The number of hydrogen-bond acceptors (Lipinski definition) is 4. The zero-order valence-electron chi connectivity index (χ0n) is 17.6. The van der Waals surface area contributed by atoms with E-state index in [0.29, 0.717) is 6.61 Å². The average Bonchev–Trinajstić information content (AvgIpc) is 2.69. The Hall–Kier alpha value is -1.26. The van der Waals surface area contributed by atoms with Crippen LogP contribution in [0.4, 0.5) is 0 Å². The summed E-state index contributed by atoms with van der Waals surface area (Å²) in [4.78, 5) is 5.49. The Balaban J connectivity index is 1.18. The number of nitrogens with zero attached hydrogens (tertiary/aromatic N) is 2. The molecule has 4 aliphatic carbocycles. The van der Waals surface area contributed by atoms with E-state index in [-0.39, 0.29) is 0 Å². The zero-order valence-corrected chi connectivity index (χ0v) is 17.6. The van der Waals surface area contributed by atoms with Crippen molar-refractivity contribution in [2.75, 3.05) is 39.9 Å². The second kappa shape index (κ2) is 7.87. The van der Waals surface area contributed by atoms with Gasteiger partial charge < -0.3 is 9.47 Å². The highest BCUT2D eigenvalue weighted by Gasteiger charge is 2.50. The smallest absolute Gasteiger partial charge is 0.161 e. The molecule has 1 aromatic carbocycles. The fourth-order valence-electron chi connectivity index (χ4n) is 7.06. The van der Waals surface area contributed by atoms with Crippen molar-refractivity contribution in [3.05, 3.63) is 23.8 Å². The number of piperazine rings is 1. The van der Waals surface area contributed by atoms with Crippen molar-refractivity contribution in [3.63, 3.8) is 0 Å². The monoisotopic (exact) mass is 384 g/mol. The van der Waals surface area contributed by atoms with Gasteiger partial charge in [0.15, 0.2) is 11.5 Å². The van der Waals surface area contributed by atoms with Crippen LogP contribution in [0.3, 0.4) is 0 Å². The minimum absolute atomic E-state index is 0.671. The van der Waals surface area contributed by atoms with E-state index in [4.69, 9.17) is 9.47 Å². The summed E-state index contributed by atoms with van der Waals surface area (Å²) < 4.78 is 11.2. The molecule has 4 saturated carbocycles. The summed E-state index contributed by atoms with van der Waals surface area (Å²) in [6.45, 7) is 8.60. The van der Waals surface area contributed by atoms with E-state index in [2.05, 4.69) is 21.9 Å². The number of benzene rings is 1. The van der Waals surface area contributed by atoms with Gasteiger partial charge in [0, 0.05) is 38.8 Å². The third kappa shape index (κ3) is 3.54. The topological polar surface area (TPSA) is 24.9 Å². The van der Waals surface area contributed by atoms with Crippen LogP contribution in [-0.2, 0) is 6.54 Å². The highest BCUT2D eigenvalue weighted by molar-refractivity contribution is 5.43. The van der Waals surface area contributed by atoms with Crippen molar-refractivity contribution in [1.82, 2.24) is 9.80 Å². The normalized spacial score (nSPS) is 35.3. The lowest BCUT2D eigenvalue weighted by atomic mass is 9.54. The lowest BCUT2D eigenvalue weighted by Gasteiger charge is -2.58. The van der Waals surface area contributed by atoms with Crippen molar-refractivity contribution in [1.29, 1.82) is 0 Å². The molecule has 0 amide bonds. The molecule has 1 aliphatic heterocycles. The molecule has 0 unspecified atom stereocenters. The number of rotatable bonds is 6. The van der Waals surface area contributed by atoms with Crippen LogP contribution in [-0.4, -0.2) is 55.7 Å². The van der Waals surface area contributed by atoms with Crippen LogP contribution in [0.5, 0.6) is 11.5 Å². The molecule has 28 heavy (non-hydrogen) atoms. The highest BCUT2D eigenvalue weighted by Crippen LogP contribution is 2.55. The van der Waals surface area contributed by atoms with Gasteiger partial charge in [-0.15, -0.1) is 0 Å². The van der Waals surface area contributed by atoms with Gasteiger partial charge >= 0.3 is 0 Å². The number of ether oxygens (including phenoxy) is 2. The minimum Gasteiger partial charge on any atom is -0.493 e. The molecule has 0 aromatic heterocycles. The Labute approximate surface area is 170 Å². The van der Waals surface area contributed by atoms with E-state index >= 15 is 0 Å². The third-order valence-electron chi connectivity index (χ3n) is 7.94. The van der Waals surface area contributed by atoms with Gasteiger partial charge in [0.05, 0.1) is 13.7 Å². The Bertz CT molecular complexity index is 655. The molecule has 0 radical (unpaired) electrons. The quantitative estimate of drug-likeness (QED) is 0.739. The molecule has 6 rings (SSSR count). The Morgan fingerprint density at radius 1 is 0.893 bits per heavy atom. The molecule has 1 saturated heterocycles. The largest absolute Gasteiger partial charge is 0.493 e. The maximum Gasteiger partial charge on any atom is 0.161 e. The average molecular weight is 385 g/mol.